The number of rotatable bonds is 3. The molecule has 0 aliphatic rings. The predicted octanol–water partition coefficient (Wildman–Crippen LogP) is 1.29. The monoisotopic (exact) mass is 287 g/mol. The van der Waals surface area contributed by atoms with Gasteiger partial charge < -0.3 is 15.6 Å². The molecule has 3 N–H and O–H groups in total. The zero-order valence-electron chi connectivity index (χ0n) is 10.8. The molecule has 0 spiro atoms. The van der Waals surface area contributed by atoms with Crippen LogP contribution in [0.25, 0.3) is 0 Å². The van der Waals surface area contributed by atoms with Crippen LogP contribution in [-0.2, 0) is 0 Å². The fourth-order valence-corrected chi connectivity index (χ4v) is 1.87. The Morgan fingerprint density at radius 2 is 1.85 bits per heavy atom. The summed E-state index contributed by atoms with van der Waals surface area (Å²) in [5.41, 5.74) is 6.96. The number of carbonyl (C=O) groups excluding carboxylic acids is 1. The van der Waals surface area contributed by atoms with E-state index < -0.39 is 0 Å². The maximum Gasteiger partial charge on any atom is 0.258 e. The van der Waals surface area contributed by atoms with Gasteiger partial charge in [-0.25, -0.2) is 0 Å². The summed E-state index contributed by atoms with van der Waals surface area (Å²) in [6.07, 6.45) is 1.44. The highest BCUT2D eigenvalue weighted by Crippen LogP contribution is 2.16. The van der Waals surface area contributed by atoms with Gasteiger partial charge in [-0.05, 0) is 30.3 Å². The van der Waals surface area contributed by atoms with Crippen molar-refractivity contribution in [3.05, 3.63) is 64.1 Å². The Morgan fingerprint density at radius 3 is 2.40 bits per heavy atom. The molecule has 102 valence electrons. The number of carbonyl (C=O) groups is 1. The first-order valence-corrected chi connectivity index (χ1v) is 6.26. The number of nitrogens with one attached hydrogen (secondary N) is 1. The summed E-state index contributed by atoms with van der Waals surface area (Å²) < 4.78 is 0. The number of benzene rings is 1. The van der Waals surface area contributed by atoms with Crippen LogP contribution >= 0.6 is 12.2 Å². The van der Waals surface area contributed by atoms with Gasteiger partial charge in [0, 0.05) is 36.1 Å². The second-order valence-electron chi connectivity index (χ2n) is 4.22. The van der Waals surface area contributed by atoms with Gasteiger partial charge in [0.25, 0.3) is 5.91 Å². The Bertz CT molecular complexity index is 707. The first kappa shape index (κ1) is 14.0. The highest BCUT2D eigenvalue weighted by atomic mass is 32.1. The molecule has 6 heteroatoms. The Balaban J connectivity index is 2.26. The van der Waals surface area contributed by atoms with Gasteiger partial charge in [0.1, 0.15) is 4.99 Å². The number of nitrogens with two attached hydrogens (primary N) is 1. The number of nitrogens with zero attached hydrogens (tertiary/aromatic N) is 1. The largest absolute Gasteiger partial charge is 0.389 e. The van der Waals surface area contributed by atoms with Crippen molar-refractivity contribution >= 4 is 28.8 Å². The smallest absolute Gasteiger partial charge is 0.258 e. The van der Waals surface area contributed by atoms with Gasteiger partial charge in [-0.3, -0.25) is 9.59 Å². The summed E-state index contributed by atoms with van der Waals surface area (Å²) in [4.78, 5) is 27.7. The molecule has 20 heavy (non-hydrogen) atoms. The van der Waals surface area contributed by atoms with Crippen molar-refractivity contribution in [2.75, 3.05) is 11.9 Å². The molecular weight excluding hydrogens is 274 g/mol. The molecule has 2 rings (SSSR count). The van der Waals surface area contributed by atoms with Gasteiger partial charge >= 0.3 is 0 Å². The topological polar surface area (TPSA) is 79.2 Å². The lowest BCUT2D eigenvalue weighted by atomic mass is 10.1. The highest BCUT2D eigenvalue weighted by Gasteiger charge is 2.13. The molecule has 1 amide bonds. The number of amides is 1. The fraction of sp³-hybridized carbons (Fsp3) is 0.0714. The third kappa shape index (κ3) is 2.92. The minimum Gasteiger partial charge on any atom is -0.389 e. The number of hydrogen-bond donors (Lipinski definition) is 2. The van der Waals surface area contributed by atoms with Crippen LogP contribution < -0.4 is 16.2 Å². The normalized spacial score (nSPS) is 10.1. The van der Waals surface area contributed by atoms with Gasteiger partial charge in [0.2, 0.25) is 5.56 Å². The minimum absolute atomic E-state index is 0.265. The summed E-state index contributed by atoms with van der Waals surface area (Å²) >= 11 is 4.87. The van der Waals surface area contributed by atoms with E-state index in [9.17, 15) is 9.59 Å². The molecular formula is C14H13N3O2S. The molecule has 1 aromatic carbocycles. The molecule has 1 aromatic heterocycles. The van der Waals surface area contributed by atoms with Crippen molar-refractivity contribution in [3.63, 3.8) is 0 Å². The lowest BCUT2D eigenvalue weighted by molar-refractivity contribution is 0.0993. The number of aromatic amines is 1. The number of pyridine rings is 1. The fourth-order valence-electron chi connectivity index (χ4n) is 1.74. The maximum atomic E-state index is 12.2. The summed E-state index contributed by atoms with van der Waals surface area (Å²) in [5, 5.41) is 0. The van der Waals surface area contributed by atoms with Crippen molar-refractivity contribution in [2.45, 2.75) is 0 Å². The van der Waals surface area contributed by atoms with Crippen LogP contribution in [0, 0.1) is 0 Å². The van der Waals surface area contributed by atoms with E-state index in [4.69, 9.17) is 18.0 Å². The van der Waals surface area contributed by atoms with Gasteiger partial charge in [-0.1, -0.05) is 12.2 Å². The highest BCUT2D eigenvalue weighted by molar-refractivity contribution is 7.80. The molecule has 0 fully saturated rings. The Morgan fingerprint density at radius 1 is 1.20 bits per heavy atom. The van der Waals surface area contributed by atoms with Gasteiger partial charge in [0.15, 0.2) is 0 Å². The SMILES string of the molecule is CN(C(=O)c1cc[nH]c(=O)c1)c1ccc(C(N)=S)cc1. The third-order valence-electron chi connectivity index (χ3n) is 2.87. The summed E-state index contributed by atoms with van der Waals surface area (Å²) in [6, 6.07) is 9.82. The number of thiocarbonyl (C=S) groups is 1. The molecule has 1 heterocycles. The van der Waals surface area contributed by atoms with Crippen molar-refractivity contribution in [3.8, 4) is 0 Å². The molecule has 0 aliphatic heterocycles. The van der Waals surface area contributed by atoms with E-state index in [2.05, 4.69) is 4.98 Å². The molecule has 0 bridgehead atoms. The van der Waals surface area contributed by atoms with E-state index in [1.165, 1.54) is 17.2 Å². The maximum absolute atomic E-state index is 12.2. The molecule has 2 aromatic rings. The second kappa shape index (κ2) is 5.66. The summed E-state index contributed by atoms with van der Waals surface area (Å²) in [7, 11) is 1.64. The predicted molar refractivity (Wildman–Crippen MR) is 82.1 cm³/mol. The molecule has 0 saturated heterocycles. The lowest BCUT2D eigenvalue weighted by Gasteiger charge is -2.17. The van der Waals surface area contributed by atoms with Crippen LogP contribution in [0.5, 0.6) is 0 Å². The molecule has 5 nitrogen and oxygen atoms in total. The van der Waals surface area contributed by atoms with Crippen LogP contribution in [0.15, 0.2) is 47.4 Å². The van der Waals surface area contributed by atoms with Crippen molar-refractivity contribution in [1.82, 2.24) is 4.98 Å². The Hall–Kier alpha value is -2.47. The van der Waals surface area contributed by atoms with E-state index in [1.54, 1.807) is 37.4 Å². The van der Waals surface area contributed by atoms with Crippen molar-refractivity contribution < 1.29 is 4.79 Å². The molecule has 0 saturated carbocycles. The zero-order chi connectivity index (χ0) is 14.7. The number of aromatic nitrogens is 1. The quantitative estimate of drug-likeness (QED) is 0.834. The number of anilines is 1. The number of hydrogen-bond acceptors (Lipinski definition) is 3. The van der Waals surface area contributed by atoms with Crippen LogP contribution in [0.2, 0.25) is 0 Å². The zero-order valence-corrected chi connectivity index (χ0v) is 11.6. The number of H-pyrrole nitrogens is 1. The van der Waals surface area contributed by atoms with Gasteiger partial charge in [-0.2, -0.15) is 0 Å². The third-order valence-corrected chi connectivity index (χ3v) is 3.10. The van der Waals surface area contributed by atoms with E-state index >= 15 is 0 Å². The average Bonchev–Trinajstić information content (AvgIpc) is 2.46. The van der Waals surface area contributed by atoms with Crippen LogP contribution in [0.3, 0.4) is 0 Å². The van der Waals surface area contributed by atoms with Crippen LogP contribution in [-0.4, -0.2) is 22.9 Å². The summed E-state index contributed by atoms with van der Waals surface area (Å²) in [5.74, 6) is -0.265. The first-order valence-electron chi connectivity index (χ1n) is 5.85. The van der Waals surface area contributed by atoms with E-state index in [-0.39, 0.29) is 11.5 Å². The van der Waals surface area contributed by atoms with Crippen LogP contribution in [0.4, 0.5) is 5.69 Å². The van der Waals surface area contributed by atoms with Gasteiger partial charge in [0.05, 0.1) is 0 Å². The first-order chi connectivity index (χ1) is 9.49. The Labute approximate surface area is 121 Å². The standard InChI is InChI=1S/C14H13N3O2S/c1-17(11-4-2-9(3-5-11)13(15)20)14(19)10-6-7-16-12(18)8-10/h2-8H,1H3,(H2,15,20)(H,16,18). The molecule has 0 unspecified atom stereocenters. The van der Waals surface area contributed by atoms with E-state index in [0.29, 0.717) is 16.2 Å². The van der Waals surface area contributed by atoms with Gasteiger partial charge in [-0.15, -0.1) is 0 Å². The lowest BCUT2D eigenvalue weighted by Crippen LogP contribution is -2.27. The van der Waals surface area contributed by atoms with Crippen molar-refractivity contribution in [1.29, 1.82) is 0 Å². The molecule has 0 atom stereocenters. The minimum atomic E-state index is -0.312. The summed E-state index contributed by atoms with van der Waals surface area (Å²) in [6.45, 7) is 0. The molecule has 0 aliphatic carbocycles. The van der Waals surface area contributed by atoms with Crippen molar-refractivity contribution in [2.24, 2.45) is 5.73 Å². The van der Waals surface area contributed by atoms with E-state index in [1.807, 2.05) is 0 Å². The van der Waals surface area contributed by atoms with E-state index in [0.717, 1.165) is 5.56 Å². The van der Waals surface area contributed by atoms with Crippen LogP contribution in [0.1, 0.15) is 15.9 Å². The average molecular weight is 287 g/mol. The second-order valence-corrected chi connectivity index (χ2v) is 4.66. The Kier molecular flexibility index (Phi) is 3.95. The molecule has 0 radical (unpaired) electrons.